The lowest BCUT2D eigenvalue weighted by molar-refractivity contribution is 0.376. The van der Waals surface area contributed by atoms with Crippen LogP contribution in [0.25, 0.3) is 11.0 Å². The second-order valence-corrected chi connectivity index (χ2v) is 6.91. The highest BCUT2D eigenvalue weighted by Gasteiger charge is 2.16. The maximum Gasteiger partial charge on any atom is 0.187 e. The van der Waals surface area contributed by atoms with Crippen LogP contribution in [0.2, 0.25) is 0 Å². The maximum atomic E-state index is 5.58. The van der Waals surface area contributed by atoms with Gasteiger partial charge in [0.2, 0.25) is 0 Å². The summed E-state index contributed by atoms with van der Waals surface area (Å²) >= 11 is 1.34. The van der Waals surface area contributed by atoms with Gasteiger partial charge in [0.1, 0.15) is 22.1 Å². The van der Waals surface area contributed by atoms with E-state index >= 15 is 0 Å². The van der Waals surface area contributed by atoms with Gasteiger partial charge in [-0.1, -0.05) is 11.2 Å². The Morgan fingerprint density at radius 1 is 1.03 bits per heavy atom. The van der Waals surface area contributed by atoms with Crippen molar-refractivity contribution in [3.63, 3.8) is 0 Å². The number of nitrogens with zero attached hydrogens (tertiary/aromatic N) is 3. The third kappa shape index (κ3) is 3.81. The predicted octanol–water partition coefficient (Wildman–Crippen LogP) is 4.22. The van der Waals surface area contributed by atoms with Crippen LogP contribution in [-0.4, -0.2) is 36.3 Å². The molecule has 4 aromatic rings. The summed E-state index contributed by atoms with van der Waals surface area (Å²) in [6.07, 6.45) is 3.64. The van der Waals surface area contributed by atoms with Crippen LogP contribution >= 0.6 is 11.9 Å². The second-order valence-electron chi connectivity index (χ2n) is 6.09. The average molecular weight is 412 g/mol. The molecule has 29 heavy (non-hydrogen) atoms. The van der Waals surface area contributed by atoms with Crippen LogP contribution in [-0.2, 0) is 6.54 Å². The Morgan fingerprint density at radius 3 is 2.45 bits per heavy atom. The summed E-state index contributed by atoms with van der Waals surface area (Å²) in [5, 5.41) is 9.22. The molecule has 0 radical (unpaired) electrons. The molecule has 2 aromatic heterocycles. The molecule has 150 valence electrons. The summed E-state index contributed by atoms with van der Waals surface area (Å²) in [7, 11) is 4.88. The summed E-state index contributed by atoms with van der Waals surface area (Å²) < 4.78 is 27.0. The van der Waals surface area contributed by atoms with Crippen molar-refractivity contribution in [2.24, 2.45) is 0 Å². The highest BCUT2D eigenvalue weighted by atomic mass is 32.2. The van der Waals surface area contributed by atoms with Crippen LogP contribution in [0.15, 0.2) is 58.2 Å². The lowest BCUT2D eigenvalue weighted by atomic mass is 10.1. The van der Waals surface area contributed by atoms with Gasteiger partial charge in [0, 0.05) is 18.0 Å². The molecule has 0 aliphatic heterocycles. The zero-order valence-electron chi connectivity index (χ0n) is 16.2. The van der Waals surface area contributed by atoms with E-state index in [1.165, 1.54) is 11.9 Å². The monoisotopic (exact) mass is 412 g/mol. The molecule has 0 amide bonds. The van der Waals surface area contributed by atoms with Crippen molar-refractivity contribution in [3.8, 4) is 17.2 Å². The third-order valence-corrected chi connectivity index (χ3v) is 5.30. The van der Waals surface area contributed by atoms with Crippen LogP contribution in [0.5, 0.6) is 17.2 Å². The minimum Gasteiger partial charge on any atom is -0.496 e. The Balaban J connectivity index is 1.63. The molecule has 0 aliphatic rings. The molecule has 0 atom stereocenters. The Morgan fingerprint density at radius 2 is 1.79 bits per heavy atom. The molecule has 0 bridgehead atoms. The predicted molar refractivity (Wildman–Crippen MR) is 111 cm³/mol. The van der Waals surface area contributed by atoms with Crippen molar-refractivity contribution in [1.29, 1.82) is 0 Å². The first-order valence-corrected chi connectivity index (χ1v) is 9.62. The fraction of sp³-hybridized carbons (Fsp3) is 0.200. The van der Waals surface area contributed by atoms with Gasteiger partial charge in [-0.25, -0.2) is 0 Å². The standard InChI is InChI=1S/C20H20N4O4S/c1-25-15-6-4-7-16(26-2)19(15)29-23-20-14-11-17(27-3)13(10-18(14)28-22-20)12-24-9-5-8-21-24/h4-11H,12H2,1-3H3,(H,22,23). The Hall–Kier alpha value is -3.33. The minimum absolute atomic E-state index is 0.572. The number of nitrogens with one attached hydrogen (secondary N) is 1. The summed E-state index contributed by atoms with van der Waals surface area (Å²) in [5.41, 5.74) is 1.61. The van der Waals surface area contributed by atoms with E-state index in [1.54, 1.807) is 27.5 Å². The quantitative estimate of drug-likeness (QED) is 0.431. The van der Waals surface area contributed by atoms with E-state index < -0.39 is 0 Å². The number of benzene rings is 2. The summed E-state index contributed by atoms with van der Waals surface area (Å²) in [4.78, 5) is 0.816. The van der Waals surface area contributed by atoms with Crippen LogP contribution in [0.1, 0.15) is 5.56 Å². The van der Waals surface area contributed by atoms with E-state index in [0.717, 1.165) is 21.6 Å². The van der Waals surface area contributed by atoms with E-state index in [1.807, 2.05) is 47.3 Å². The molecule has 2 heterocycles. The van der Waals surface area contributed by atoms with Crippen molar-refractivity contribution in [1.82, 2.24) is 14.9 Å². The number of hydrogen-bond donors (Lipinski definition) is 1. The lowest BCUT2D eigenvalue weighted by Gasteiger charge is -2.12. The topological polar surface area (TPSA) is 83.6 Å². The van der Waals surface area contributed by atoms with Crippen molar-refractivity contribution in [2.75, 3.05) is 26.1 Å². The molecule has 0 fully saturated rings. The van der Waals surface area contributed by atoms with Crippen molar-refractivity contribution < 1.29 is 18.7 Å². The SMILES string of the molecule is COc1cc2c(NSc3c(OC)cccc3OC)noc2cc1Cn1cccn1. The average Bonchev–Trinajstić information content (AvgIpc) is 3.41. The minimum atomic E-state index is 0.572. The second kappa shape index (κ2) is 8.36. The highest BCUT2D eigenvalue weighted by molar-refractivity contribution is 8.00. The van der Waals surface area contributed by atoms with Crippen molar-refractivity contribution in [2.45, 2.75) is 11.4 Å². The van der Waals surface area contributed by atoms with Crippen molar-refractivity contribution >= 4 is 28.7 Å². The van der Waals surface area contributed by atoms with E-state index in [4.69, 9.17) is 18.7 Å². The number of anilines is 1. The third-order valence-electron chi connectivity index (χ3n) is 4.40. The molecule has 0 aliphatic carbocycles. The van der Waals surface area contributed by atoms with Gasteiger partial charge >= 0.3 is 0 Å². The number of methoxy groups -OCH3 is 3. The van der Waals surface area contributed by atoms with E-state index in [2.05, 4.69) is 15.0 Å². The Bertz CT molecular complexity index is 1090. The first-order valence-electron chi connectivity index (χ1n) is 8.81. The number of aromatic nitrogens is 3. The van der Waals surface area contributed by atoms with Crippen LogP contribution < -0.4 is 18.9 Å². The zero-order chi connectivity index (χ0) is 20.2. The molecule has 0 spiro atoms. The molecule has 9 heteroatoms. The van der Waals surface area contributed by atoms with Gasteiger partial charge in [-0.15, -0.1) is 0 Å². The maximum absolute atomic E-state index is 5.58. The first kappa shape index (κ1) is 19.0. The first-order chi connectivity index (χ1) is 14.2. The molecular formula is C20H20N4O4S. The smallest absolute Gasteiger partial charge is 0.187 e. The van der Waals surface area contributed by atoms with Crippen LogP contribution in [0, 0.1) is 0 Å². The molecule has 1 N–H and O–H groups in total. The van der Waals surface area contributed by atoms with Gasteiger partial charge in [-0.05, 0) is 42.3 Å². The molecule has 0 saturated heterocycles. The number of ether oxygens (including phenoxy) is 3. The highest BCUT2D eigenvalue weighted by Crippen LogP contribution is 2.39. The number of fused-ring (bicyclic) bond motifs is 1. The Kier molecular flexibility index (Phi) is 5.48. The van der Waals surface area contributed by atoms with Gasteiger partial charge in [0.15, 0.2) is 11.4 Å². The fourth-order valence-corrected chi connectivity index (χ4v) is 3.83. The van der Waals surface area contributed by atoms with Gasteiger partial charge in [0.05, 0.1) is 33.3 Å². The van der Waals surface area contributed by atoms with Gasteiger partial charge in [-0.2, -0.15) is 5.10 Å². The molecule has 4 rings (SSSR count). The van der Waals surface area contributed by atoms with E-state index in [9.17, 15) is 0 Å². The largest absolute Gasteiger partial charge is 0.496 e. The molecule has 0 saturated carbocycles. The van der Waals surface area contributed by atoms with Crippen molar-refractivity contribution in [3.05, 3.63) is 54.4 Å². The van der Waals surface area contributed by atoms with Gasteiger partial charge in [0.25, 0.3) is 0 Å². The van der Waals surface area contributed by atoms with E-state index in [0.29, 0.717) is 29.4 Å². The number of hydrogen-bond acceptors (Lipinski definition) is 8. The summed E-state index contributed by atoms with van der Waals surface area (Å²) in [6.45, 7) is 0.572. The molecule has 8 nitrogen and oxygen atoms in total. The van der Waals surface area contributed by atoms with Crippen LogP contribution in [0.4, 0.5) is 5.82 Å². The Labute approximate surface area is 171 Å². The normalized spacial score (nSPS) is 10.9. The molecular weight excluding hydrogens is 392 g/mol. The summed E-state index contributed by atoms with van der Waals surface area (Å²) in [5.74, 6) is 2.73. The summed E-state index contributed by atoms with van der Waals surface area (Å²) in [6, 6.07) is 11.3. The molecule has 2 aromatic carbocycles. The number of rotatable bonds is 8. The lowest BCUT2D eigenvalue weighted by Crippen LogP contribution is -2.02. The van der Waals surface area contributed by atoms with Crippen LogP contribution in [0.3, 0.4) is 0 Å². The molecule has 0 unspecified atom stereocenters. The fourth-order valence-electron chi connectivity index (χ4n) is 2.98. The zero-order valence-corrected chi connectivity index (χ0v) is 17.0. The van der Waals surface area contributed by atoms with E-state index in [-0.39, 0.29) is 0 Å². The van der Waals surface area contributed by atoms with Gasteiger partial charge < -0.3 is 23.5 Å². The van der Waals surface area contributed by atoms with Gasteiger partial charge in [-0.3, -0.25) is 4.68 Å².